The van der Waals surface area contributed by atoms with E-state index < -0.39 is 17.3 Å². The Hall–Kier alpha value is -2.00. The van der Waals surface area contributed by atoms with Gasteiger partial charge in [0.25, 0.3) is 0 Å². The summed E-state index contributed by atoms with van der Waals surface area (Å²) in [5.74, 6) is 0.122. The van der Waals surface area contributed by atoms with Gasteiger partial charge in [-0.2, -0.15) is 13.2 Å². The highest BCUT2D eigenvalue weighted by molar-refractivity contribution is 5.85. The lowest BCUT2D eigenvalue weighted by Crippen LogP contribution is -2.55. The van der Waals surface area contributed by atoms with Crippen LogP contribution in [0.4, 0.5) is 13.2 Å². The molecule has 1 aromatic carbocycles. The molecule has 2 fully saturated rings. The summed E-state index contributed by atoms with van der Waals surface area (Å²) < 4.78 is 44.6. The van der Waals surface area contributed by atoms with E-state index >= 15 is 0 Å². The highest BCUT2D eigenvalue weighted by atomic mass is 35.5. The Labute approximate surface area is 198 Å². The van der Waals surface area contributed by atoms with Gasteiger partial charge >= 0.3 is 6.18 Å². The van der Waals surface area contributed by atoms with E-state index in [1.54, 1.807) is 0 Å². The number of carbonyl (C=O) groups is 2. The average molecular weight is 492 g/mol. The first-order valence-corrected chi connectivity index (χ1v) is 11.1. The summed E-state index contributed by atoms with van der Waals surface area (Å²) in [5, 5.41) is 3.04. The molecule has 10 heteroatoms. The third kappa shape index (κ3) is 6.99. The highest BCUT2D eigenvalue weighted by Gasteiger charge is 2.40. The fourth-order valence-electron chi connectivity index (χ4n) is 4.52. The Morgan fingerprint density at radius 1 is 1.15 bits per heavy atom. The normalized spacial score (nSPS) is 24.1. The molecule has 1 aliphatic heterocycles. The molecule has 1 saturated heterocycles. The number of hydrogen-bond donors (Lipinski definition) is 2. The molecule has 33 heavy (non-hydrogen) atoms. The molecule has 0 spiro atoms. The molecular weight excluding hydrogens is 459 g/mol. The maximum Gasteiger partial charge on any atom is 0.416 e. The van der Waals surface area contributed by atoms with Crippen molar-refractivity contribution >= 4 is 24.2 Å². The Morgan fingerprint density at radius 3 is 2.42 bits per heavy atom. The molecule has 186 valence electrons. The second kappa shape index (κ2) is 11.0. The number of rotatable bonds is 7. The number of hydrogen-bond acceptors (Lipinski definition) is 4. The standard InChI is InChI=1S/C23H32F3N3O3.ClH/c1-22(2,21(31)28-13-15-6-8-16(9-7-15)20(27)30)29-11-10-19(14-29)32-18-5-3-4-17(12-18)23(24,25)26;/h3-5,12,15-16,19H,6-11,13-14H2,1-2H3,(H2,27,30)(H,28,31);1H. The van der Waals surface area contributed by atoms with Crippen LogP contribution in [0.2, 0.25) is 0 Å². The molecule has 6 nitrogen and oxygen atoms in total. The molecule has 0 radical (unpaired) electrons. The van der Waals surface area contributed by atoms with E-state index in [1.807, 2.05) is 18.7 Å². The Bertz CT molecular complexity index is 827. The zero-order valence-corrected chi connectivity index (χ0v) is 19.8. The number of likely N-dealkylation sites (tertiary alicyclic amines) is 1. The second-order valence-corrected chi connectivity index (χ2v) is 9.39. The lowest BCUT2D eigenvalue weighted by Gasteiger charge is -2.35. The van der Waals surface area contributed by atoms with E-state index in [2.05, 4.69) is 5.32 Å². The highest BCUT2D eigenvalue weighted by Crippen LogP contribution is 2.33. The number of ether oxygens (including phenoxy) is 1. The molecule has 1 aromatic rings. The first kappa shape index (κ1) is 27.2. The van der Waals surface area contributed by atoms with Crippen LogP contribution in [-0.4, -0.2) is 48.0 Å². The number of amides is 2. The van der Waals surface area contributed by atoms with E-state index in [1.165, 1.54) is 12.1 Å². The van der Waals surface area contributed by atoms with E-state index in [-0.39, 0.29) is 42.0 Å². The van der Waals surface area contributed by atoms with Crippen LogP contribution in [0, 0.1) is 11.8 Å². The second-order valence-electron chi connectivity index (χ2n) is 9.39. The van der Waals surface area contributed by atoms with Gasteiger partial charge in [-0.1, -0.05) is 6.07 Å². The van der Waals surface area contributed by atoms with Gasteiger partial charge in [-0.05, 0) is 70.1 Å². The molecule has 2 aliphatic rings. The van der Waals surface area contributed by atoms with E-state index in [0.29, 0.717) is 32.0 Å². The number of alkyl halides is 3. The van der Waals surface area contributed by atoms with Crippen molar-refractivity contribution in [1.29, 1.82) is 0 Å². The summed E-state index contributed by atoms with van der Waals surface area (Å²) in [4.78, 5) is 26.2. The number of nitrogens with one attached hydrogen (secondary N) is 1. The van der Waals surface area contributed by atoms with Crippen LogP contribution in [0.3, 0.4) is 0 Å². The molecule has 1 unspecified atom stereocenters. The first-order valence-electron chi connectivity index (χ1n) is 11.1. The molecule has 1 atom stereocenters. The predicted octanol–water partition coefficient (Wildman–Crippen LogP) is 3.77. The zero-order chi connectivity index (χ0) is 23.5. The van der Waals surface area contributed by atoms with Crippen molar-refractivity contribution in [3.05, 3.63) is 29.8 Å². The number of carbonyl (C=O) groups excluding carboxylic acids is 2. The first-order chi connectivity index (χ1) is 15.0. The lowest BCUT2D eigenvalue weighted by molar-refractivity contribution is -0.137. The molecular formula is C23H33ClF3N3O3. The topological polar surface area (TPSA) is 84.7 Å². The Kier molecular flexibility index (Phi) is 9.04. The minimum atomic E-state index is -4.42. The van der Waals surface area contributed by atoms with Crippen LogP contribution in [0.1, 0.15) is 51.5 Å². The van der Waals surface area contributed by atoms with Crippen molar-refractivity contribution in [3.63, 3.8) is 0 Å². The summed E-state index contributed by atoms with van der Waals surface area (Å²) in [6.07, 6.45) is -0.810. The number of primary amides is 1. The molecule has 1 aliphatic carbocycles. The molecule has 1 heterocycles. The van der Waals surface area contributed by atoms with Crippen LogP contribution in [-0.2, 0) is 15.8 Å². The molecule has 0 aromatic heterocycles. The van der Waals surface area contributed by atoms with E-state index in [0.717, 1.165) is 37.8 Å². The molecule has 0 bridgehead atoms. The SMILES string of the molecule is CC(C)(C(=O)NCC1CCC(C(N)=O)CC1)N1CCC(Oc2cccc(C(F)(F)F)c2)C1.Cl. The number of halogens is 4. The van der Waals surface area contributed by atoms with Crippen LogP contribution in [0.25, 0.3) is 0 Å². The molecule has 3 N–H and O–H groups in total. The van der Waals surface area contributed by atoms with Gasteiger partial charge in [-0.3, -0.25) is 14.5 Å². The summed E-state index contributed by atoms with van der Waals surface area (Å²) in [6, 6.07) is 4.87. The van der Waals surface area contributed by atoms with Crippen molar-refractivity contribution in [2.24, 2.45) is 17.6 Å². The lowest BCUT2D eigenvalue weighted by atomic mass is 9.81. The minimum absolute atomic E-state index is 0. The van der Waals surface area contributed by atoms with Gasteiger partial charge in [0.1, 0.15) is 11.9 Å². The fraction of sp³-hybridized carbons (Fsp3) is 0.652. The monoisotopic (exact) mass is 491 g/mol. The van der Waals surface area contributed by atoms with Gasteiger partial charge in [0.2, 0.25) is 11.8 Å². The van der Waals surface area contributed by atoms with Crippen LogP contribution in [0.15, 0.2) is 24.3 Å². The number of nitrogens with two attached hydrogens (primary N) is 1. The average Bonchev–Trinajstić information content (AvgIpc) is 3.21. The van der Waals surface area contributed by atoms with Gasteiger partial charge in [0.15, 0.2) is 0 Å². The van der Waals surface area contributed by atoms with Gasteiger partial charge in [0.05, 0.1) is 11.1 Å². The van der Waals surface area contributed by atoms with Crippen molar-refractivity contribution in [1.82, 2.24) is 10.2 Å². The van der Waals surface area contributed by atoms with Crippen LogP contribution < -0.4 is 15.8 Å². The smallest absolute Gasteiger partial charge is 0.416 e. The molecule has 1 saturated carbocycles. The fourth-order valence-corrected chi connectivity index (χ4v) is 4.52. The van der Waals surface area contributed by atoms with Gasteiger partial charge < -0.3 is 15.8 Å². The summed E-state index contributed by atoms with van der Waals surface area (Å²) >= 11 is 0. The third-order valence-corrected chi connectivity index (χ3v) is 6.76. The van der Waals surface area contributed by atoms with Crippen molar-refractivity contribution in [2.75, 3.05) is 19.6 Å². The minimum Gasteiger partial charge on any atom is -0.489 e. The summed E-state index contributed by atoms with van der Waals surface area (Å²) in [6.45, 7) is 5.33. The molecule has 3 rings (SSSR count). The number of nitrogens with zero attached hydrogens (tertiary/aromatic N) is 1. The van der Waals surface area contributed by atoms with E-state index in [9.17, 15) is 22.8 Å². The van der Waals surface area contributed by atoms with Crippen molar-refractivity contribution in [3.8, 4) is 5.75 Å². The van der Waals surface area contributed by atoms with Crippen molar-refractivity contribution < 1.29 is 27.5 Å². The summed E-state index contributed by atoms with van der Waals surface area (Å²) in [7, 11) is 0. The van der Waals surface area contributed by atoms with E-state index in [4.69, 9.17) is 10.5 Å². The van der Waals surface area contributed by atoms with Gasteiger partial charge in [0, 0.05) is 25.6 Å². The van der Waals surface area contributed by atoms with Gasteiger partial charge in [-0.15, -0.1) is 12.4 Å². The summed E-state index contributed by atoms with van der Waals surface area (Å²) in [5.41, 5.74) is 3.86. The third-order valence-electron chi connectivity index (χ3n) is 6.76. The number of benzene rings is 1. The van der Waals surface area contributed by atoms with Gasteiger partial charge in [-0.25, -0.2) is 0 Å². The Balaban J connectivity index is 0.00000385. The molecule has 2 amide bonds. The predicted molar refractivity (Wildman–Crippen MR) is 121 cm³/mol. The quantitative estimate of drug-likeness (QED) is 0.608. The maximum atomic E-state index is 12.9. The van der Waals surface area contributed by atoms with Crippen LogP contribution >= 0.6 is 12.4 Å². The maximum absolute atomic E-state index is 12.9. The Morgan fingerprint density at radius 2 is 1.82 bits per heavy atom. The van der Waals surface area contributed by atoms with Crippen molar-refractivity contribution in [2.45, 2.75) is 63.8 Å². The largest absolute Gasteiger partial charge is 0.489 e. The van der Waals surface area contributed by atoms with Crippen LogP contribution in [0.5, 0.6) is 5.75 Å². The zero-order valence-electron chi connectivity index (χ0n) is 19.0.